The van der Waals surface area contributed by atoms with Crippen molar-refractivity contribution < 1.29 is 9.53 Å². The predicted molar refractivity (Wildman–Crippen MR) is 111 cm³/mol. The van der Waals surface area contributed by atoms with E-state index in [2.05, 4.69) is 27.8 Å². The number of pyridine rings is 1. The Hall–Kier alpha value is -3.18. The number of aromatic nitrogens is 1. The van der Waals surface area contributed by atoms with Crippen LogP contribution in [0.5, 0.6) is 0 Å². The molecule has 1 amide bonds. The van der Waals surface area contributed by atoms with Crippen LogP contribution >= 0.6 is 0 Å². The normalized spacial score (nSPS) is 10.6. The molecular weight excluding hydrogens is 338 g/mol. The Morgan fingerprint density at radius 1 is 1.22 bits per heavy atom. The minimum absolute atomic E-state index is 0.225. The van der Waals surface area contributed by atoms with Crippen LogP contribution in [0.15, 0.2) is 67.4 Å². The molecule has 5 nitrogen and oxygen atoms in total. The molecule has 27 heavy (non-hydrogen) atoms. The Kier molecular flexibility index (Phi) is 5.84. The summed E-state index contributed by atoms with van der Waals surface area (Å²) < 4.78 is 5.19. The fourth-order valence-electron chi connectivity index (χ4n) is 2.96. The summed E-state index contributed by atoms with van der Waals surface area (Å²) >= 11 is 0. The number of hydrogen-bond acceptors (Lipinski definition) is 4. The Morgan fingerprint density at radius 2 is 2.04 bits per heavy atom. The quantitative estimate of drug-likeness (QED) is 0.644. The van der Waals surface area contributed by atoms with Crippen LogP contribution in [0.3, 0.4) is 0 Å². The number of hydrogen-bond donors (Lipinski definition) is 1. The Labute approximate surface area is 159 Å². The number of methoxy groups -OCH3 is 1. The van der Waals surface area contributed by atoms with E-state index in [9.17, 15) is 4.79 Å². The smallest absolute Gasteiger partial charge is 0.247 e. The number of likely N-dealkylation sites (N-methyl/N-ethyl adjacent to an activating group) is 1. The van der Waals surface area contributed by atoms with E-state index in [0.29, 0.717) is 6.61 Å². The van der Waals surface area contributed by atoms with Gasteiger partial charge in [0, 0.05) is 43.7 Å². The summed E-state index contributed by atoms with van der Waals surface area (Å²) in [5.74, 6) is -0.225. The monoisotopic (exact) mass is 361 g/mol. The number of carbonyl (C=O) groups excluding carboxylic acids is 1. The van der Waals surface area contributed by atoms with Crippen LogP contribution in [-0.2, 0) is 9.53 Å². The number of nitrogens with one attached hydrogen (secondary N) is 1. The lowest BCUT2D eigenvalue weighted by molar-refractivity contribution is -0.111. The van der Waals surface area contributed by atoms with E-state index < -0.39 is 0 Å². The summed E-state index contributed by atoms with van der Waals surface area (Å²) in [6, 6.07) is 16.0. The van der Waals surface area contributed by atoms with Crippen molar-refractivity contribution in [2.75, 3.05) is 37.5 Å². The van der Waals surface area contributed by atoms with Crippen LogP contribution < -0.4 is 10.2 Å². The lowest BCUT2D eigenvalue weighted by Gasteiger charge is -2.21. The fraction of sp³-hybridized carbons (Fsp3) is 0.182. The van der Waals surface area contributed by atoms with Gasteiger partial charge in [0.25, 0.3) is 0 Å². The molecule has 3 aromatic rings. The van der Waals surface area contributed by atoms with Crippen molar-refractivity contribution >= 4 is 28.2 Å². The first-order valence-corrected chi connectivity index (χ1v) is 8.75. The molecule has 0 radical (unpaired) electrons. The number of benzene rings is 2. The zero-order valence-electron chi connectivity index (χ0n) is 15.6. The molecule has 0 fully saturated rings. The minimum Gasteiger partial charge on any atom is -0.383 e. The number of fused-ring (bicyclic) bond motifs is 1. The summed E-state index contributed by atoms with van der Waals surface area (Å²) in [7, 11) is 3.75. The highest BCUT2D eigenvalue weighted by atomic mass is 16.5. The van der Waals surface area contributed by atoms with Gasteiger partial charge in [0.15, 0.2) is 0 Å². The fourth-order valence-corrected chi connectivity index (χ4v) is 2.96. The van der Waals surface area contributed by atoms with Gasteiger partial charge in [-0.05, 0) is 47.5 Å². The van der Waals surface area contributed by atoms with Crippen molar-refractivity contribution in [2.45, 2.75) is 0 Å². The van der Waals surface area contributed by atoms with Crippen LogP contribution in [0.2, 0.25) is 0 Å². The zero-order chi connectivity index (χ0) is 19.2. The Bertz CT molecular complexity index is 969. The molecular formula is C22H23N3O2. The summed E-state index contributed by atoms with van der Waals surface area (Å²) in [4.78, 5) is 18.2. The summed E-state index contributed by atoms with van der Waals surface area (Å²) in [5.41, 5.74) is 4.87. The van der Waals surface area contributed by atoms with Gasteiger partial charge >= 0.3 is 0 Å². The van der Waals surface area contributed by atoms with E-state index in [1.807, 2.05) is 55.7 Å². The Balaban J connectivity index is 2.00. The zero-order valence-corrected chi connectivity index (χ0v) is 15.6. The summed E-state index contributed by atoms with van der Waals surface area (Å²) in [5, 5.41) is 3.88. The third-order valence-corrected chi connectivity index (χ3v) is 4.41. The number of nitrogens with zero attached hydrogens (tertiary/aromatic N) is 2. The van der Waals surface area contributed by atoms with Crippen LogP contribution in [0.1, 0.15) is 0 Å². The Morgan fingerprint density at radius 3 is 2.81 bits per heavy atom. The maximum absolute atomic E-state index is 11.6. The maximum atomic E-state index is 11.6. The van der Waals surface area contributed by atoms with Crippen LogP contribution in [0.4, 0.5) is 11.4 Å². The van der Waals surface area contributed by atoms with Gasteiger partial charge in [0.05, 0.1) is 12.1 Å². The molecule has 0 bridgehead atoms. The molecule has 0 unspecified atom stereocenters. The summed E-state index contributed by atoms with van der Waals surface area (Å²) in [6.07, 6.45) is 3.09. The van der Waals surface area contributed by atoms with Gasteiger partial charge < -0.3 is 15.0 Å². The molecule has 0 aliphatic carbocycles. The standard InChI is InChI=1S/C22H23N3O2/c1-4-22(26)24-18-7-5-6-16(14-18)17-8-9-20-19(15-17)21(10-11-23-20)25(2)12-13-27-3/h4-11,14-15H,1,12-13H2,2-3H3,(H,24,26). The molecule has 138 valence electrons. The molecule has 0 saturated carbocycles. The highest BCUT2D eigenvalue weighted by Crippen LogP contribution is 2.30. The molecule has 0 aliphatic heterocycles. The molecule has 0 saturated heterocycles. The van der Waals surface area contributed by atoms with Crippen molar-refractivity contribution in [1.82, 2.24) is 4.98 Å². The van der Waals surface area contributed by atoms with Gasteiger partial charge in [0.1, 0.15) is 0 Å². The number of anilines is 2. The van der Waals surface area contributed by atoms with Gasteiger partial charge in [0.2, 0.25) is 5.91 Å². The highest BCUT2D eigenvalue weighted by Gasteiger charge is 2.09. The lowest BCUT2D eigenvalue weighted by atomic mass is 10.0. The SMILES string of the molecule is C=CC(=O)Nc1cccc(-c2ccc3nccc(N(C)CCOC)c3c2)c1. The van der Waals surface area contributed by atoms with Gasteiger partial charge in [-0.15, -0.1) is 0 Å². The van der Waals surface area contributed by atoms with Gasteiger partial charge in [-0.1, -0.05) is 24.8 Å². The van der Waals surface area contributed by atoms with E-state index >= 15 is 0 Å². The number of carbonyl (C=O) groups is 1. The second-order valence-corrected chi connectivity index (χ2v) is 6.25. The van der Waals surface area contributed by atoms with Gasteiger partial charge in [-0.25, -0.2) is 0 Å². The average molecular weight is 361 g/mol. The first-order chi connectivity index (χ1) is 13.1. The van der Waals surface area contributed by atoms with Gasteiger partial charge in [-0.3, -0.25) is 9.78 Å². The molecule has 0 atom stereocenters. The molecule has 5 heteroatoms. The lowest BCUT2D eigenvalue weighted by Crippen LogP contribution is -2.22. The third kappa shape index (κ3) is 4.33. The van der Waals surface area contributed by atoms with Gasteiger partial charge in [-0.2, -0.15) is 0 Å². The number of rotatable bonds is 7. The third-order valence-electron chi connectivity index (χ3n) is 4.41. The molecule has 1 heterocycles. The van der Waals surface area contributed by atoms with E-state index in [1.165, 1.54) is 6.08 Å². The molecule has 2 aromatic carbocycles. The molecule has 3 rings (SSSR count). The van der Waals surface area contributed by atoms with E-state index in [4.69, 9.17) is 4.74 Å². The average Bonchev–Trinajstić information content (AvgIpc) is 2.71. The number of ether oxygens (including phenoxy) is 1. The molecule has 1 aromatic heterocycles. The second kappa shape index (κ2) is 8.47. The van der Waals surface area contributed by atoms with Crippen molar-refractivity contribution in [3.8, 4) is 11.1 Å². The molecule has 0 spiro atoms. The predicted octanol–water partition coefficient (Wildman–Crippen LogP) is 4.11. The first kappa shape index (κ1) is 18.6. The summed E-state index contributed by atoms with van der Waals surface area (Å²) in [6.45, 7) is 4.94. The second-order valence-electron chi connectivity index (χ2n) is 6.25. The topological polar surface area (TPSA) is 54.5 Å². The highest BCUT2D eigenvalue weighted by molar-refractivity contribution is 5.99. The number of amides is 1. The van der Waals surface area contributed by atoms with Crippen molar-refractivity contribution in [3.05, 3.63) is 67.4 Å². The van der Waals surface area contributed by atoms with Crippen LogP contribution in [0.25, 0.3) is 22.0 Å². The van der Waals surface area contributed by atoms with Crippen molar-refractivity contribution in [3.63, 3.8) is 0 Å². The molecule has 0 aliphatic rings. The van der Waals surface area contributed by atoms with E-state index in [-0.39, 0.29) is 5.91 Å². The van der Waals surface area contributed by atoms with Crippen LogP contribution in [-0.4, -0.2) is 38.2 Å². The van der Waals surface area contributed by atoms with Crippen LogP contribution in [0, 0.1) is 0 Å². The minimum atomic E-state index is -0.225. The van der Waals surface area contributed by atoms with E-state index in [1.54, 1.807) is 7.11 Å². The first-order valence-electron chi connectivity index (χ1n) is 8.75. The largest absolute Gasteiger partial charge is 0.383 e. The van der Waals surface area contributed by atoms with E-state index in [0.717, 1.165) is 39.9 Å². The molecule has 1 N–H and O–H groups in total. The maximum Gasteiger partial charge on any atom is 0.247 e. The van der Waals surface area contributed by atoms with Crippen molar-refractivity contribution in [1.29, 1.82) is 0 Å². The van der Waals surface area contributed by atoms with Crippen molar-refractivity contribution in [2.24, 2.45) is 0 Å².